The van der Waals surface area contributed by atoms with E-state index in [0.717, 1.165) is 35.7 Å². The molecule has 0 aliphatic carbocycles. The molecule has 0 saturated carbocycles. The summed E-state index contributed by atoms with van der Waals surface area (Å²) in [6.07, 6.45) is 2.09. The first-order valence-corrected chi connectivity index (χ1v) is 8.09. The second-order valence-electron chi connectivity index (χ2n) is 4.83. The van der Waals surface area contributed by atoms with Crippen LogP contribution < -0.4 is 10.6 Å². The smallest absolute Gasteiger partial charge is 0.251 e. The van der Waals surface area contributed by atoms with Gasteiger partial charge in [-0.1, -0.05) is 6.92 Å². The minimum absolute atomic E-state index is 0.0218. The fourth-order valence-electron chi connectivity index (χ4n) is 1.94. The minimum atomic E-state index is 0.0218. The fourth-order valence-corrected chi connectivity index (χ4v) is 2.63. The van der Waals surface area contributed by atoms with Gasteiger partial charge in [-0.2, -0.15) is 11.8 Å². The van der Waals surface area contributed by atoms with Gasteiger partial charge in [0.15, 0.2) is 0 Å². The zero-order valence-corrected chi connectivity index (χ0v) is 13.1. The lowest BCUT2D eigenvalue weighted by Gasteiger charge is -2.13. The van der Waals surface area contributed by atoms with Crippen LogP contribution in [0, 0.1) is 12.8 Å². The standard InChI is InChI=1S/C15H24N2OS/c1-5-16-13-6-7-14(12(3)8-13)15(18)17-9-11(2)10-19-4/h6-8,11,16H,5,9-10H2,1-4H3,(H,17,18). The van der Waals surface area contributed by atoms with E-state index in [1.54, 1.807) is 0 Å². The molecule has 0 aliphatic rings. The third-order valence-corrected chi connectivity index (χ3v) is 3.82. The largest absolute Gasteiger partial charge is 0.385 e. The van der Waals surface area contributed by atoms with Gasteiger partial charge in [-0.05, 0) is 55.5 Å². The Kier molecular flexibility index (Phi) is 6.78. The van der Waals surface area contributed by atoms with Gasteiger partial charge >= 0.3 is 0 Å². The highest BCUT2D eigenvalue weighted by atomic mass is 32.2. The van der Waals surface area contributed by atoms with Gasteiger partial charge in [-0.15, -0.1) is 0 Å². The predicted octanol–water partition coefficient (Wildman–Crippen LogP) is 3.16. The molecule has 0 aliphatic heterocycles. The van der Waals surface area contributed by atoms with E-state index in [2.05, 4.69) is 30.7 Å². The molecule has 0 saturated heterocycles. The summed E-state index contributed by atoms with van der Waals surface area (Å²) in [5.41, 5.74) is 2.83. The van der Waals surface area contributed by atoms with Crippen molar-refractivity contribution in [2.24, 2.45) is 5.92 Å². The van der Waals surface area contributed by atoms with Gasteiger partial charge in [0.25, 0.3) is 5.91 Å². The maximum absolute atomic E-state index is 12.1. The van der Waals surface area contributed by atoms with E-state index < -0.39 is 0 Å². The summed E-state index contributed by atoms with van der Waals surface area (Å²) in [6.45, 7) is 7.80. The summed E-state index contributed by atoms with van der Waals surface area (Å²) in [4.78, 5) is 12.1. The Bertz CT molecular complexity index is 421. The molecule has 2 N–H and O–H groups in total. The Hall–Kier alpha value is -1.16. The molecule has 0 spiro atoms. The predicted molar refractivity (Wildman–Crippen MR) is 85.2 cm³/mol. The number of anilines is 1. The van der Waals surface area contributed by atoms with Gasteiger partial charge in [0.2, 0.25) is 0 Å². The lowest BCUT2D eigenvalue weighted by molar-refractivity contribution is 0.0948. The summed E-state index contributed by atoms with van der Waals surface area (Å²) in [7, 11) is 0. The Balaban J connectivity index is 2.62. The van der Waals surface area contributed by atoms with Crippen molar-refractivity contribution in [3.05, 3.63) is 29.3 Å². The SMILES string of the molecule is CCNc1ccc(C(=O)NCC(C)CSC)c(C)c1. The molecule has 0 aromatic heterocycles. The molecule has 3 nitrogen and oxygen atoms in total. The van der Waals surface area contributed by atoms with Crippen molar-refractivity contribution >= 4 is 23.4 Å². The van der Waals surface area contributed by atoms with E-state index >= 15 is 0 Å². The zero-order valence-electron chi connectivity index (χ0n) is 12.2. The summed E-state index contributed by atoms with van der Waals surface area (Å²) in [5.74, 6) is 1.59. The summed E-state index contributed by atoms with van der Waals surface area (Å²) < 4.78 is 0. The van der Waals surface area contributed by atoms with Crippen LogP contribution in [0.25, 0.3) is 0 Å². The second kappa shape index (κ2) is 8.10. The average Bonchev–Trinajstić information content (AvgIpc) is 2.37. The number of hydrogen-bond acceptors (Lipinski definition) is 3. The first-order valence-electron chi connectivity index (χ1n) is 6.70. The number of amides is 1. The second-order valence-corrected chi connectivity index (χ2v) is 5.74. The number of aryl methyl sites for hydroxylation is 1. The van der Waals surface area contributed by atoms with Crippen LogP contribution in [0.2, 0.25) is 0 Å². The van der Waals surface area contributed by atoms with E-state index in [0.29, 0.717) is 5.92 Å². The Morgan fingerprint density at radius 3 is 2.74 bits per heavy atom. The lowest BCUT2D eigenvalue weighted by atomic mass is 10.1. The van der Waals surface area contributed by atoms with Gasteiger partial charge in [0.1, 0.15) is 0 Å². The Morgan fingerprint density at radius 2 is 2.16 bits per heavy atom. The highest BCUT2D eigenvalue weighted by Crippen LogP contribution is 2.15. The van der Waals surface area contributed by atoms with Gasteiger partial charge in [-0.25, -0.2) is 0 Å². The van der Waals surface area contributed by atoms with E-state index in [1.165, 1.54) is 0 Å². The molecule has 0 heterocycles. The summed E-state index contributed by atoms with van der Waals surface area (Å²) in [6, 6.07) is 5.86. The molecule has 106 valence electrons. The molecule has 1 unspecified atom stereocenters. The van der Waals surface area contributed by atoms with Crippen molar-refractivity contribution in [2.45, 2.75) is 20.8 Å². The zero-order chi connectivity index (χ0) is 14.3. The Morgan fingerprint density at radius 1 is 1.42 bits per heavy atom. The summed E-state index contributed by atoms with van der Waals surface area (Å²) >= 11 is 1.81. The van der Waals surface area contributed by atoms with Crippen LogP contribution in [0.3, 0.4) is 0 Å². The van der Waals surface area contributed by atoms with Crippen LogP contribution in [0.4, 0.5) is 5.69 Å². The topological polar surface area (TPSA) is 41.1 Å². The molecular formula is C15H24N2OS. The molecule has 1 aromatic carbocycles. The lowest BCUT2D eigenvalue weighted by Crippen LogP contribution is -2.29. The van der Waals surface area contributed by atoms with Crippen LogP contribution in [-0.4, -0.2) is 31.0 Å². The number of thioether (sulfide) groups is 1. The molecule has 0 radical (unpaired) electrons. The maximum Gasteiger partial charge on any atom is 0.251 e. The van der Waals surface area contributed by atoms with E-state index in [-0.39, 0.29) is 5.91 Å². The maximum atomic E-state index is 12.1. The van der Waals surface area contributed by atoms with E-state index in [9.17, 15) is 4.79 Å². The third-order valence-electron chi connectivity index (χ3n) is 2.91. The van der Waals surface area contributed by atoms with Crippen LogP contribution >= 0.6 is 11.8 Å². The van der Waals surface area contributed by atoms with Crippen molar-refractivity contribution in [2.75, 3.05) is 30.4 Å². The molecule has 0 bridgehead atoms. The number of carbonyl (C=O) groups excluding carboxylic acids is 1. The number of nitrogens with one attached hydrogen (secondary N) is 2. The van der Waals surface area contributed by atoms with Crippen molar-refractivity contribution in [3.63, 3.8) is 0 Å². The first kappa shape index (κ1) is 15.9. The number of hydrogen-bond donors (Lipinski definition) is 2. The quantitative estimate of drug-likeness (QED) is 0.806. The monoisotopic (exact) mass is 280 g/mol. The van der Waals surface area contributed by atoms with Crippen molar-refractivity contribution < 1.29 is 4.79 Å². The van der Waals surface area contributed by atoms with Gasteiger partial charge in [0.05, 0.1) is 0 Å². The fraction of sp³-hybridized carbons (Fsp3) is 0.533. The van der Waals surface area contributed by atoms with Crippen LogP contribution in [-0.2, 0) is 0 Å². The van der Waals surface area contributed by atoms with Crippen molar-refractivity contribution in [1.29, 1.82) is 0 Å². The molecule has 1 atom stereocenters. The highest BCUT2D eigenvalue weighted by molar-refractivity contribution is 7.98. The summed E-state index contributed by atoms with van der Waals surface area (Å²) in [5, 5.41) is 6.25. The number of rotatable bonds is 7. The van der Waals surface area contributed by atoms with Gasteiger partial charge < -0.3 is 10.6 Å². The molecule has 1 aromatic rings. The average molecular weight is 280 g/mol. The Labute approximate surface area is 120 Å². The van der Waals surface area contributed by atoms with Crippen molar-refractivity contribution in [3.8, 4) is 0 Å². The normalized spacial score (nSPS) is 12.0. The van der Waals surface area contributed by atoms with Crippen LogP contribution in [0.15, 0.2) is 18.2 Å². The van der Waals surface area contributed by atoms with E-state index in [4.69, 9.17) is 0 Å². The van der Waals surface area contributed by atoms with E-state index in [1.807, 2.05) is 36.9 Å². The minimum Gasteiger partial charge on any atom is -0.385 e. The molecule has 0 fully saturated rings. The molecule has 4 heteroatoms. The van der Waals surface area contributed by atoms with Gasteiger partial charge in [-0.3, -0.25) is 4.79 Å². The van der Waals surface area contributed by atoms with Crippen molar-refractivity contribution in [1.82, 2.24) is 5.32 Å². The molecule has 19 heavy (non-hydrogen) atoms. The highest BCUT2D eigenvalue weighted by Gasteiger charge is 2.10. The van der Waals surface area contributed by atoms with Crippen LogP contribution in [0.1, 0.15) is 29.8 Å². The first-order chi connectivity index (χ1) is 9.08. The molecule has 1 rings (SSSR count). The molecule has 1 amide bonds. The molecular weight excluding hydrogens is 256 g/mol. The van der Waals surface area contributed by atoms with Crippen LogP contribution in [0.5, 0.6) is 0 Å². The number of carbonyl (C=O) groups is 1. The number of benzene rings is 1. The third kappa shape index (κ3) is 5.15. The van der Waals surface area contributed by atoms with Gasteiger partial charge in [0, 0.05) is 24.3 Å².